The standard InChI is InChI=1S/C15H24N4/c1-5-16-11-13-15(18(6-2)12(3)4)17-14-9-7-8-10-19(13)14/h7-10,12,16H,5-6,11H2,1-4H3. The van der Waals surface area contributed by atoms with Crippen LogP contribution in [0.15, 0.2) is 24.4 Å². The van der Waals surface area contributed by atoms with E-state index in [2.05, 4.69) is 60.6 Å². The highest BCUT2D eigenvalue weighted by Gasteiger charge is 2.18. The monoisotopic (exact) mass is 260 g/mol. The molecule has 2 aromatic rings. The lowest BCUT2D eigenvalue weighted by Crippen LogP contribution is -2.32. The summed E-state index contributed by atoms with van der Waals surface area (Å²) in [5, 5.41) is 3.41. The topological polar surface area (TPSA) is 32.6 Å². The van der Waals surface area contributed by atoms with E-state index in [9.17, 15) is 0 Å². The van der Waals surface area contributed by atoms with Crippen LogP contribution in [0.4, 0.5) is 5.82 Å². The van der Waals surface area contributed by atoms with Gasteiger partial charge in [-0.2, -0.15) is 0 Å². The van der Waals surface area contributed by atoms with E-state index >= 15 is 0 Å². The molecule has 19 heavy (non-hydrogen) atoms. The molecule has 1 N–H and O–H groups in total. The molecule has 4 nitrogen and oxygen atoms in total. The van der Waals surface area contributed by atoms with E-state index in [4.69, 9.17) is 4.98 Å². The van der Waals surface area contributed by atoms with Crippen molar-refractivity contribution in [2.24, 2.45) is 0 Å². The van der Waals surface area contributed by atoms with E-state index in [0.717, 1.165) is 31.1 Å². The van der Waals surface area contributed by atoms with Gasteiger partial charge in [-0.15, -0.1) is 0 Å². The lowest BCUT2D eigenvalue weighted by molar-refractivity contribution is 0.669. The Bertz CT molecular complexity index is 530. The van der Waals surface area contributed by atoms with Gasteiger partial charge in [0.2, 0.25) is 0 Å². The number of fused-ring (bicyclic) bond motifs is 1. The Kier molecular flexibility index (Phi) is 4.43. The highest BCUT2D eigenvalue weighted by molar-refractivity contribution is 5.56. The molecule has 0 radical (unpaired) electrons. The van der Waals surface area contributed by atoms with Crippen molar-refractivity contribution in [3.8, 4) is 0 Å². The van der Waals surface area contributed by atoms with Gasteiger partial charge in [0, 0.05) is 25.3 Å². The lowest BCUT2D eigenvalue weighted by Gasteiger charge is -2.26. The van der Waals surface area contributed by atoms with Gasteiger partial charge in [0.25, 0.3) is 0 Å². The van der Waals surface area contributed by atoms with Crippen LogP contribution < -0.4 is 10.2 Å². The number of pyridine rings is 1. The second-order valence-corrected chi connectivity index (χ2v) is 4.97. The SMILES string of the molecule is CCNCc1c(N(CC)C(C)C)nc2ccccn12. The summed E-state index contributed by atoms with van der Waals surface area (Å²) < 4.78 is 2.18. The first-order valence-corrected chi connectivity index (χ1v) is 7.12. The molecule has 4 heteroatoms. The van der Waals surface area contributed by atoms with Crippen molar-refractivity contribution in [1.29, 1.82) is 0 Å². The van der Waals surface area contributed by atoms with Crippen molar-refractivity contribution in [2.75, 3.05) is 18.0 Å². The Morgan fingerprint density at radius 2 is 2.11 bits per heavy atom. The molecule has 104 valence electrons. The van der Waals surface area contributed by atoms with Gasteiger partial charge in [-0.3, -0.25) is 0 Å². The van der Waals surface area contributed by atoms with Crippen LogP contribution in [0, 0.1) is 0 Å². The fraction of sp³-hybridized carbons (Fsp3) is 0.533. The maximum atomic E-state index is 4.81. The number of nitrogens with zero attached hydrogens (tertiary/aromatic N) is 3. The Morgan fingerprint density at radius 1 is 1.32 bits per heavy atom. The van der Waals surface area contributed by atoms with Crippen LogP contribution in [0.2, 0.25) is 0 Å². The van der Waals surface area contributed by atoms with Gasteiger partial charge in [0.15, 0.2) is 5.82 Å². The fourth-order valence-electron chi connectivity index (χ4n) is 2.43. The first-order chi connectivity index (χ1) is 9.19. The minimum atomic E-state index is 0.454. The van der Waals surface area contributed by atoms with E-state index in [1.807, 2.05) is 6.07 Å². The first kappa shape index (κ1) is 13.9. The number of aromatic nitrogens is 2. The molecular formula is C15H24N4. The fourth-order valence-corrected chi connectivity index (χ4v) is 2.43. The van der Waals surface area contributed by atoms with Crippen molar-refractivity contribution in [2.45, 2.75) is 40.3 Å². The molecule has 0 spiro atoms. The molecule has 0 amide bonds. The summed E-state index contributed by atoms with van der Waals surface area (Å²) in [6.07, 6.45) is 2.09. The van der Waals surface area contributed by atoms with Gasteiger partial charge in [0.1, 0.15) is 5.65 Å². The van der Waals surface area contributed by atoms with Gasteiger partial charge in [-0.1, -0.05) is 13.0 Å². The third-order valence-electron chi connectivity index (χ3n) is 3.39. The van der Waals surface area contributed by atoms with Crippen LogP contribution in [0.3, 0.4) is 0 Å². The van der Waals surface area contributed by atoms with Gasteiger partial charge in [-0.25, -0.2) is 4.98 Å². The van der Waals surface area contributed by atoms with Crippen LogP contribution in [0.1, 0.15) is 33.4 Å². The smallest absolute Gasteiger partial charge is 0.152 e. The zero-order valence-corrected chi connectivity index (χ0v) is 12.3. The molecule has 0 unspecified atom stereocenters. The Labute approximate surface area is 115 Å². The molecule has 0 aliphatic carbocycles. The van der Waals surface area contributed by atoms with Gasteiger partial charge >= 0.3 is 0 Å². The summed E-state index contributed by atoms with van der Waals surface area (Å²) >= 11 is 0. The average molecular weight is 260 g/mol. The summed E-state index contributed by atoms with van der Waals surface area (Å²) in [5.74, 6) is 1.10. The molecule has 2 heterocycles. The normalized spacial score (nSPS) is 11.4. The predicted molar refractivity (Wildman–Crippen MR) is 80.7 cm³/mol. The number of rotatable bonds is 6. The molecule has 0 aliphatic rings. The van der Waals surface area contributed by atoms with Gasteiger partial charge < -0.3 is 14.6 Å². The largest absolute Gasteiger partial charge is 0.353 e. The number of hydrogen-bond donors (Lipinski definition) is 1. The first-order valence-electron chi connectivity index (χ1n) is 7.12. The van der Waals surface area contributed by atoms with E-state index in [-0.39, 0.29) is 0 Å². The van der Waals surface area contributed by atoms with Crippen LogP contribution in [-0.4, -0.2) is 28.5 Å². The number of anilines is 1. The van der Waals surface area contributed by atoms with E-state index < -0.39 is 0 Å². The van der Waals surface area contributed by atoms with Crippen LogP contribution in [0.5, 0.6) is 0 Å². The molecule has 0 fully saturated rings. The minimum absolute atomic E-state index is 0.454. The highest BCUT2D eigenvalue weighted by Crippen LogP contribution is 2.23. The molecule has 0 saturated heterocycles. The zero-order chi connectivity index (χ0) is 13.8. The van der Waals surface area contributed by atoms with Crippen molar-refractivity contribution in [1.82, 2.24) is 14.7 Å². The second kappa shape index (κ2) is 6.06. The van der Waals surface area contributed by atoms with Crippen molar-refractivity contribution in [3.05, 3.63) is 30.1 Å². The minimum Gasteiger partial charge on any atom is -0.353 e. The molecule has 0 aliphatic heterocycles. The number of imidazole rings is 1. The lowest BCUT2D eigenvalue weighted by atomic mass is 10.3. The Hall–Kier alpha value is -1.55. The highest BCUT2D eigenvalue weighted by atomic mass is 15.2. The summed E-state index contributed by atoms with van der Waals surface area (Å²) in [4.78, 5) is 7.15. The summed E-state index contributed by atoms with van der Waals surface area (Å²) in [6, 6.07) is 6.61. The third-order valence-corrected chi connectivity index (χ3v) is 3.39. The van der Waals surface area contributed by atoms with Crippen molar-refractivity contribution in [3.63, 3.8) is 0 Å². The maximum absolute atomic E-state index is 4.81. The summed E-state index contributed by atoms with van der Waals surface area (Å²) in [7, 11) is 0. The second-order valence-electron chi connectivity index (χ2n) is 4.97. The molecule has 2 aromatic heterocycles. The molecule has 0 saturated carbocycles. The van der Waals surface area contributed by atoms with Crippen LogP contribution in [-0.2, 0) is 6.54 Å². The van der Waals surface area contributed by atoms with Crippen LogP contribution >= 0.6 is 0 Å². The quantitative estimate of drug-likeness (QED) is 0.866. The summed E-state index contributed by atoms with van der Waals surface area (Å²) in [5.41, 5.74) is 2.26. The Morgan fingerprint density at radius 3 is 2.74 bits per heavy atom. The van der Waals surface area contributed by atoms with E-state index in [1.54, 1.807) is 0 Å². The van der Waals surface area contributed by atoms with Crippen LogP contribution in [0.25, 0.3) is 5.65 Å². The third kappa shape index (κ3) is 2.73. The number of hydrogen-bond acceptors (Lipinski definition) is 3. The van der Waals surface area contributed by atoms with Gasteiger partial charge in [0.05, 0.1) is 5.69 Å². The molecule has 0 bridgehead atoms. The zero-order valence-electron chi connectivity index (χ0n) is 12.3. The number of nitrogens with one attached hydrogen (secondary N) is 1. The predicted octanol–water partition coefficient (Wildman–Crippen LogP) is 2.68. The summed E-state index contributed by atoms with van der Waals surface area (Å²) in [6.45, 7) is 11.5. The average Bonchev–Trinajstić information content (AvgIpc) is 2.75. The van der Waals surface area contributed by atoms with Crippen molar-refractivity contribution < 1.29 is 0 Å². The Balaban J connectivity index is 2.51. The molecule has 0 aromatic carbocycles. The van der Waals surface area contributed by atoms with Crippen molar-refractivity contribution >= 4 is 11.5 Å². The molecule has 0 atom stereocenters. The molecule has 2 rings (SSSR count). The maximum Gasteiger partial charge on any atom is 0.152 e. The molecular weight excluding hydrogens is 236 g/mol. The van der Waals surface area contributed by atoms with E-state index in [1.165, 1.54) is 5.69 Å². The van der Waals surface area contributed by atoms with E-state index in [0.29, 0.717) is 6.04 Å². The van der Waals surface area contributed by atoms with Gasteiger partial charge in [-0.05, 0) is 39.4 Å².